The van der Waals surface area contributed by atoms with E-state index in [0.717, 1.165) is 15.6 Å². The van der Waals surface area contributed by atoms with E-state index in [1.807, 2.05) is 0 Å². The Morgan fingerprint density at radius 3 is 2.54 bits per heavy atom. The maximum Gasteiger partial charge on any atom is 0.490 e. The van der Waals surface area contributed by atoms with Crippen molar-refractivity contribution in [3.8, 4) is 0 Å². The molecule has 2 rings (SSSR count). The minimum atomic E-state index is -4.16. The SMILES string of the molecule is COCCOCN(c1noc(C)c1C)S(=O)(=O)c1sc(C)cc1B(O)O. The van der Waals surface area contributed by atoms with E-state index in [1.165, 1.54) is 13.2 Å². The molecule has 0 fully saturated rings. The van der Waals surface area contributed by atoms with Gasteiger partial charge in [0.15, 0.2) is 5.82 Å². The van der Waals surface area contributed by atoms with E-state index in [-0.39, 0.29) is 28.8 Å². The van der Waals surface area contributed by atoms with Crippen LogP contribution in [0.1, 0.15) is 16.2 Å². The number of aryl methyl sites for hydroxylation is 2. The van der Waals surface area contributed by atoms with Crippen molar-refractivity contribution in [1.29, 1.82) is 0 Å². The number of hydrogen-bond donors (Lipinski definition) is 2. The fourth-order valence-corrected chi connectivity index (χ4v) is 5.29. The standard InChI is InChI=1S/C14H21BN2O7S2/c1-9-7-12(15(18)19)14(25-9)26(20,21)17(8-23-6-5-22-4)13-10(2)11(3)24-16-13/h7,18-19H,5-6,8H2,1-4H3. The minimum Gasteiger partial charge on any atom is -0.423 e. The largest absolute Gasteiger partial charge is 0.490 e. The predicted octanol–water partition coefficient (Wildman–Crippen LogP) is 0.157. The molecule has 0 aliphatic heterocycles. The molecule has 0 radical (unpaired) electrons. The van der Waals surface area contributed by atoms with Crippen LogP contribution in [-0.2, 0) is 19.5 Å². The Bertz CT molecular complexity index is 848. The van der Waals surface area contributed by atoms with Crippen molar-refractivity contribution in [3.05, 3.63) is 22.3 Å². The molecule has 0 aliphatic rings. The second kappa shape index (κ2) is 8.50. The molecule has 9 nitrogen and oxygen atoms in total. The molecule has 144 valence electrons. The predicted molar refractivity (Wildman–Crippen MR) is 97.2 cm³/mol. The second-order valence-electron chi connectivity index (χ2n) is 5.54. The number of rotatable bonds is 9. The number of hydrogen-bond acceptors (Lipinski definition) is 9. The summed E-state index contributed by atoms with van der Waals surface area (Å²) in [4.78, 5) is 0.625. The van der Waals surface area contributed by atoms with Crippen molar-refractivity contribution in [3.63, 3.8) is 0 Å². The number of methoxy groups -OCH3 is 1. The number of aromatic nitrogens is 1. The lowest BCUT2D eigenvalue weighted by Crippen LogP contribution is -2.39. The molecule has 2 aromatic rings. The van der Waals surface area contributed by atoms with Crippen LogP contribution in [0.3, 0.4) is 0 Å². The van der Waals surface area contributed by atoms with Crippen molar-refractivity contribution in [2.75, 3.05) is 31.4 Å². The lowest BCUT2D eigenvalue weighted by molar-refractivity contribution is 0.0753. The molecular formula is C14H21BN2O7S2. The van der Waals surface area contributed by atoms with Gasteiger partial charge in [-0.25, -0.2) is 12.7 Å². The van der Waals surface area contributed by atoms with Crippen LogP contribution in [0.15, 0.2) is 14.8 Å². The van der Waals surface area contributed by atoms with Gasteiger partial charge >= 0.3 is 7.12 Å². The quantitative estimate of drug-likeness (QED) is 0.344. The number of ether oxygens (including phenoxy) is 2. The van der Waals surface area contributed by atoms with Crippen LogP contribution in [0, 0.1) is 20.8 Å². The molecular weight excluding hydrogens is 383 g/mol. The van der Waals surface area contributed by atoms with Gasteiger partial charge in [0, 0.05) is 23.0 Å². The van der Waals surface area contributed by atoms with E-state index in [9.17, 15) is 18.5 Å². The Labute approximate surface area is 156 Å². The summed E-state index contributed by atoms with van der Waals surface area (Å²) < 4.78 is 42.6. The van der Waals surface area contributed by atoms with Gasteiger partial charge in [-0.05, 0) is 26.8 Å². The summed E-state index contributed by atoms with van der Waals surface area (Å²) in [5.41, 5.74) is 0.454. The number of thiophene rings is 1. The summed E-state index contributed by atoms with van der Waals surface area (Å²) in [5.74, 6) is 0.561. The first-order chi connectivity index (χ1) is 12.2. The van der Waals surface area contributed by atoms with Crippen LogP contribution in [-0.4, -0.2) is 57.8 Å². The Kier molecular flexibility index (Phi) is 6.83. The molecule has 0 saturated heterocycles. The molecule has 0 spiro atoms. The van der Waals surface area contributed by atoms with Crippen molar-refractivity contribution < 1.29 is 32.5 Å². The molecule has 0 aromatic carbocycles. The zero-order valence-electron chi connectivity index (χ0n) is 14.9. The summed E-state index contributed by atoms with van der Waals surface area (Å²) in [6, 6.07) is 1.42. The normalized spacial score (nSPS) is 11.8. The lowest BCUT2D eigenvalue weighted by Gasteiger charge is -2.22. The fraction of sp³-hybridized carbons (Fsp3) is 0.500. The highest BCUT2D eigenvalue weighted by molar-refractivity contribution is 7.95. The average molecular weight is 404 g/mol. The summed E-state index contributed by atoms with van der Waals surface area (Å²) >= 11 is 0.941. The molecule has 2 aromatic heterocycles. The van der Waals surface area contributed by atoms with Crippen LogP contribution in [0.25, 0.3) is 0 Å². The van der Waals surface area contributed by atoms with Gasteiger partial charge in [0.25, 0.3) is 10.0 Å². The van der Waals surface area contributed by atoms with Crippen LogP contribution < -0.4 is 9.77 Å². The number of sulfonamides is 1. The number of nitrogens with zero attached hydrogens (tertiary/aromatic N) is 2. The first-order valence-electron chi connectivity index (χ1n) is 7.69. The van der Waals surface area contributed by atoms with Crippen molar-refractivity contribution in [1.82, 2.24) is 5.16 Å². The topological polar surface area (TPSA) is 122 Å². The summed E-state index contributed by atoms with van der Waals surface area (Å²) in [5, 5.41) is 22.9. The Morgan fingerprint density at radius 1 is 1.31 bits per heavy atom. The van der Waals surface area contributed by atoms with E-state index < -0.39 is 17.1 Å². The summed E-state index contributed by atoms with van der Waals surface area (Å²) in [7, 11) is -4.57. The van der Waals surface area contributed by atoms with E-state index in [2.05, 4.69) is 5.16 Å². The molecule has 12 heteroatoms. The Morgan fingerprint density at radius 2 is 2.00 bits per heavy atom. The van der Waals surface area contributed by atoms with Gasteiger partial charge < -0.3 is 24.0 Å². The highest BCUT2D eigenvalue weighted by Gasteiger charge is 2.35. The highest BCUT2D eigenvalue weighted by atomic mass is 32.2. The third-order valence-electron chi connectivity index (χ3n) is 3.66. The fourth-order valence-electron chi connectivity index (χ4n) is 2.17. The van der Waals surface area contributed by atoms with Crippen LogP contribution >= 0.6 is 11.3 Å². The zero-order valence-corrected chi connectivity index (χ0v) is 16.6. The maximum atomic E-state index is 13.2. The molecule has 0 atom stereocenters. The molecule has 2 heterocycles. The average Bonchev–Trinajstić information content (AvgIpc) is 3.12. The third-order valence-corrected chi connectivity index (χ3v) is 6.97. The van der Waals surface area contributed by atoms with Crippen LogP contribution in [0.4, 0.5) is 5.82 Å². The molecule has 0 saturated carbocycles. The van der Waals surface area contributed by atoms with Gasteiger partial charge in [-0.15, -0.1) is 11.3 Å². The van der Waals surface area contributed by atoms with Gasteiger partial charge in [0.1, 0.15) is 16.7 Å². The molecule has 0 bridgehead atoms. The Hall–Kier alpha value is -1.44. The molecule has 0 aliphatic carbocycles. The van der Waals surface area contributed by atoms with Gasteiger partial charge in [-0.3, -0.25) is 0 Å². The van der Waals surface area contributed by atoms with E-state index in [0.29, 0.717) is 22.8 Å². The van der Waals surface area contributed by atoms with E-state index in [4.69, 9.17) is 14.0 Å². The summed E-state index contributed by atoms with van der Waals surface area (Å²) in [6.07, 6.45) is 0. The smallest absolute Gasteiger partial charge is 0.423 e. The van der Waals surface area contributed by atoms with Gasteiger partial charge in [0.2, 0.25) is 0 Å². The van der Waals surface area contributed by atoms with Crippen molar-refractivity contribution in [2.45, 2.75) is 25.0 Å². The Balaban J connectivity index is 2.48. The second-order valence-corrected chi connectivity index (χ2v) is 8.86. The van der Waals surface area contributed by atoms with Gasteiger partial charge in [-0.2, -0.15) is 0 Å². The van der Waals surface area contributed by atoms with Crippen molar-refractivity contribution >= 4 is 39.8 Å². The molecule has 26 heavy (non-hydrogen) atoms. The van der Waals surface area contributed by atoms with E-state index >= 15 is 0 Å². The maximum absolute atomic E-state index is 13.2. The monoisotopic (exact) mass is 404 g/mol. The minimum absolute atomic E-state index is 0.0874. The highest BCUT2D eigenvalue weighted by Crippen LogP contribution is 2.30. The van der Waals surface area contributed by atoms with Crippen LogP contribution in [0.2, 0.25) is 0 Å². The van der Waals surface area contributed by atoms with Crippen molar-refractivity contribution in [2.24, 2.45) is 0 Å². The van der Waals surface area contributed by atoms with Crippen LogP contribution in [0.5, 0.6) is 0 Å². The first kappa shape index (κ1) is 20.9. The first-order valence-corrected chi connectivity index (χ1v) is 9.94. The van der Waals surface area contributed by atoms with E-state index in [1.54, 1.807) is 20.8 Å². The molecule has 0 unspecified atom stereocenters. The molecule has 0 amide bonds. The van der Waals surface area contributed by atoms with Gasteiger partial charge in [0.05, 0.1) is 13.2 Å². The van der Waals surface area contributed by atoms with Gasteiger partial charge in [-0.1, -0.05) is 5.16 Å². The summed E-state index contributed by atoms with van der Waals surface area (Å²) in [6.45, 7) is 5.18. The zero-order chi connectivity index (χ0) is 19.5. The molecule has 2 N–H and O–H groups in total. The lowest BCUT2D eigenvalue weighted by atomic mass is 9.82. The number of anilines is 1. The third kappa shape index (κ3) is 4.27.